The second-order valence-electron chi connectivity index (χ2n) is 5.49. The van der Waals surface area contributed by atoms with Crippen LogP contribution < -0.4 is 0 Å². The first-order chi connectivity index (χ1) is 8.94. The molecule has 0 aliphatic carbocycles. The van der Waals surface area contributed by atoms with Crippen molar-refractivity contribution in [2.24, 2.45) is 0 Å². The highest BCUT2D eigenvalue weighted by molar-refractivity contribution is 7.99. The van der Waals surface area contributed by atoms with Crippen molar-refractivity contribution in [2.45, 2.75) is 43.2 Å². The van der Waals surface area contributed by atoms with E-state index < -0.39 is 5.60 Å². The number of amides is 1. The topological polar surface area (TPSA) is 55.3 Å². The first kappa shape index (κ1) is 14.1. The van der Waals surface area contributed by atoms with Gasteiger partial charge in [-0.3, -0.25) is 0 Å². The molecule has 0 aromatic carbocycles. The fourth-order valence-corrected chi connectivity index (χ4v) is 2.83. The third-order valence-electron chi connectivity index (χ3n) is 2.61. The van der Waals surface area contributed by atoms with Gasteiger partial charge < -0.3 is 9.64 Å². The summed E-state index contributed by atoms with van der Waals surface area (Å²) in [5.41, 5.74) is -0.440. The Labute approximate surface area is 117 Å². The van der Waals surface area contributed by atoms with E-state index in [-0.39, 0.29) is 6.09 Å². The normalized spacial score (nSPS) is 19.5. The summed E-state index contributed by atoms with van der Waals surface area (Å²) < 4.78 is 5.37. The van der Waals surface area contributed by atoms with Crippen LogP contribution in [0.5, 0.6) is 0 Å². The number of hydrogen-bond donors (Lipinski definition) is 0. The first-order valence-electron chi connectivity index (χ1n) is 6.36. The Kier molecular flexibility index (Phi) is 4.29. The molecular formula is C13H19N3O2S. The summed E-state index contributed by atoms with van der Waals surface area (Å²) in [5.74, 6) is 0. The van der Waals surface area contributed by atoms with E-state index in [1.165, 1.54) is 0 Å². The number of rotatable bonds is 2. The summed E-state index contributed by atoms with van der Waals surface area (Å²) in [6, 6.07) is 1.80. The highest BCUT2D eigenvalue weighted by Crippen LogP contribution is 2.27. The zero-order valence-electron chi connectivity index (χ0n) is 11.5. The fourth-order valence-electron chi connectivity index (χ4n) is 1.81. The van der Waals surface area contributed by atoms with Gasteiger partial charge in [-0.05, 0) is 33.3 Å². The molecule has 19 heavy (non-hydrogen) atoms. The van der Waals surface area contributed by atoms with E-state index in [0.717, 1.165) is 18.1 Å². The Balaban J connectivity index is 1.85. The van der Waals surface area contributed by atoms with Crippen LogP contribution in [-0.2, 0) is 4.74 Å². The summed E-state index contributed by atoms with van der Waals surface area (Å²) in [7, 11) is 0. The summed E-state index contributed by atoms with van der Waals surface area (Å²) in [5, 5.41) is 1.11. The van der Waals surface area contributed by atoms with Crippen LogP contribution in [0.2, 0.25) is 0 Å². The van der Waals surface area contributed by atoms with Crippen LogP contribution in [0.3, 0.4) is 0 Å². The number of likely N-dealkylation sites (tertiary alicyclic amines) is 1. The van der Waals surface area contributed by atoms with Crippen molar-refractivity contribution in [3.05, 3.63) is 18.5 Å². The molecule has 2 rings (SSSR count). The summed E-state index contributed by atoms with van der Waals surface area (Å²) >= 11 is 1.62. The van der Waals surface area contributed by atoms with Gasteiger partial charge in [-0.2, -0.15) is 0 Å². The maximum atomic E-state index is 11.9. The average Bonchev–Trinajstić information content (AvgIpc) is 2.77. The van der Waals surface area contributed by atoms with E-state index in [2.05, 4.69) is 9.97 Å². The van der Waals surface area contributed by atoms with Crippen LogP contribution in [0, 0.1) is 0 Å². The second-order valence-corrected chi connectivity index (χ2v) is 6.75. The average molecular weight is 281 g/mol. The minimum Gasteiger partial charge on any atom is -0.444 e. The minimum atomic E-state index is -0.440. The van der Waals surface area contributed by atoms with E-state index in [1.54, 1.807) is 35.1 Å². The van der Waals surface area contributed by atoms with Crippen molar-refractivity contribution in [3.63, 3.8) is 0 Å². The summed E-state index contributed by atoms with van der Waals surface area (Å²) in [4.78, 5) is 22.1. The lowest BCUT2D eigenvalue weighted by Crippen LogP contribution is -2.35. The van der Waals surface area contributed by atoms with E-state index >= 15 is 0 Å². The van der Waals surface area contributed by atoms with Crippen LogP contribution >= 0.6 is 11.8 Å². The Bertz CT molecular complexity index is 433. The first-order valence-corrected chi connectivity index (χ1v) is 7.23. The van der Waals surface area contributed by atoms with Gasteiger partial charge in [0.25, 0.3) is 0 Å². The van der Waals surface area contributed by atoms with Gasteiger partial charge in [-0.15, -0.1) is 0 Å². The highest BCUT2D eigenvalue weighted by atomic mass is 32.2. The van der Waals surface area contributed by atoms with Gasteiger partial charge in [0.05, 0.1) is 0 Å². The number of carbonyl (C=O) groups excluding carboxylic acids is 1. The van der Waals surface area contributed by atoms with E-state index in [1.807, 2.05) is 20.8 Å². The Morgan fingerprint density at radius 3 is 2.74 bits per heavy atom. The van der Waals surface area contributed by atoms with Gasteiger partial charge in [0.2, 0.25) is 0 Å². The molecule has 6 heteroatoms. The zero-order valence-corrected chi connectivity index (χ0v) is 12.3. The van der Waals surface area contributed by atoms with Crippen LogP contribution in [0.25, 0.3) is 0 Å². The molecule has 0 bridgehead atoms. The summed E-state index contributed by atoms with van der Waals surface area (Å²) in [6.45, 7) is 7.07. The van der Waals surface area contributed by atoms with Gasteiger partial charge in [-0.25, -0.2) is 14.8 Å². The van der Waals surface area contributed by atoms with Gasteiger partial charge in [-0.1, -0.05) is 11.8 Å². The predicted octanol–water partition coefficient (Wildman–Crippen LogP) is 2.58. The second kappa shape index (κ2) is 5.77. The zero-order chi connectivity index (χ0) is 13.9. The number of hydrogen-bond acceptors (Lipinski definition) is 5. The fraction of sp³-hybridized carbons (Fsp3) is 0.615. The van der Waals surface area contributed by atoms with Crippen LogP contribution in [0.15, 0.2) is 23.6 Å². The molecule has 5 nitrogen and oxygen atoms in total. The maximum absolute atomic E-state index is 11.9. The molecule has 1 amide bonds. The molecule has 1 aliphatic rings. The van der Waals surface area contributed by atoms with Gasteiger partial charge in [0.1, 0.15) is 5.60 Å². The monoisotopic (exact) mass is 281 g/mol. The molecule has 0 saturated carbocycles. The van der Waals surface area contributed by atoms with Crippen molar-refractivity contribution in [1.82, 2.24) is 14.9 Å². The van der Waals surface area contributed by atoms with Crippen molar-refractivity contribution in [2.75, 3.05) is 13.1 Å². The van der Waals surface area contributed by atoms with Crippen molar-refractivity contribution >= 4 is 17.9 Å². The summed E-state index contributed by atoms with van der Waals surface area (Å²) in [6.07, 6.45) is 4.18. The van der Waals surface area contributed by atoms with E-state index in [4.69, 9.17) is 4.74 Å². The number of aromatic nitrogens is 2. The van der Waals surface area contributed by atoms with Crippen molar-refractivity contribution < 1.29 is 9.53 Å². The van der Waals surface area contributed by atoms with Crippen molar-refractivity contribution in [1.29, 1.82) is 0 Å². The molecule has 2 heterocycles. The quantitative estimate of drug-likeness (QED) is 0.780. The molecule has 1 aromatic heterocycles. The smallest absolute Gasteiger partial charge is 0.410 e. The molecule has 0 radical (unpaired) electrons. The lowest BCUT2D eigenvalue weighted by atomic mass is 10.2. The number of ether oxygens (including phenoxy) is 1. The molecule has 1 atom stereocenters. The molecule has 0 unspecified atom stereocenters. The highest BCUT2D eigenvalue weighted by Gasteiger charge is 2.30. The molecule has 104 valence electrons. The lowest BCUT2D eigenvalue weighted by Gasteiger charge is -2.24. The van der Waals surface area contributed by atoms with Gasteiger partial charge >= 0.3 is 6.09 Å². The molecule has 1 aliphatic heterocycles. The molecule has 1 fully saturated rings. The van der Waals surface area contributed by atoms with Crippen LogP contribution in [0.4, 0.5) is 4.79 Å². The maximum Gasteiger partial charge on any atom is 0.410 e. The Morgan fingerprint density at radius 1 is 1.42 bits per heavy atom. The van der Waals surface area contributed by atoms with E-state index in [9.17, 15) is 4.79 Å². The van der Waals surface area contributed by atoms with Crippen LogP contribution in [0.1, 0.15) is 27.2 Å². The Morgan fingerprint density at radius 2 is 2.11 bits per heavy atom. The van der Waals surface area contributed by atoms with E-state index in [0.29, 0.717) is 11.8 Å². The largest absolute Gasteiger partial charge is 0.444 e. The molecule has 0 spiro atoms. The Hall–Kier alpha value is -1.30. The van der Waals surface area contributed by atoms with Gasteiger partial charge in [0, 0.05) is 30.7 Å². The number of thioether (sulfide) groups is 1. The van der Waals surface area contributed by atoms with Crippen LogP contribution in [-0.4, -0.2) is 44.9 Å². The number of carbonyl (C=O) groups is 1. The van der Waals surface area contributed by atoms with Gasteiger partial charge in [0.15, 0.2) is 5.16 Å². The minimum absolute atomic E-state index is 0.232. The standard InChI is InChI=1S/C13H19N3O2S/c1-13(2,3)18-12(17)16-8-5-10(9-16)19-11-14-6-4-7-15-11/h4,6-7,10H,5,8-9H2,1-3H3/t10-/m0/s1. The van der Waals surface area contributed by atoms with Crippen molar-refractivity contribution in [3.8, 4) is 0 Å². The molecule has 0 N–H and O–H groups in total. The molecule has 1 aromatic rings. The number of nitrogens with zero attached hydrogens (tertiary/aromatic N) is 3. The lowest BCUT2D eigenvalue weighted by molar-refractivity contribution is 0.0295. The third kappa shape index (κ3) is 4.38. The molecule has 1 saturated heterocycles. The SMILES string of the molecule is CC(C)(C)OC(=O)N1CC[C@H](Sc2ncccn2)C1. The molecular weight excluding hydrogens is 262 g/mol. The third-order valence-corrected chi connectivity index (χ3v) is 3.75. The predicted molar refractivity (Wildman–Crippen MR) is 74.1 cm³/mol.